The van der Waals surface area contributed by atoms with E-state index in [-0.39, 0.29) is 17.9 Å². The van der Waals surface area contributed by atoms with E-state index in [4.69, 9.17) is 14.5 Å². The maximum Gasteiger partial charge on any atom is 0.338 e. The summed E-state index contributed by atoms with van der Waals surface area (Å²) in [7, 11) is 0. The maximum absolute atomic E-state index is 13.4. The summed E-state index contributed by atoms with van der Waals surface area (Å²) in [5, 5.41) is 10.4. The number of phenolic OH excluding ortho intramolecular Hbond substituents is 1. The normalized spacial score (nSPS) is 11.1. The third kappa shape index (κ3) is 4.68. The predicted octanol–water partition coefficient (Wildman–Crippen LogP) is 4.84. The molecule has 7 heteroatoms. The van der Waals surface area contributed by atoms with Gasteiger partial charge in [-0.1, -0.05) is 24.3 Å². The van der Waals surface area contributed by atoms with Gasteiger partial charge in [-0.15, -0.1) is 0 Å². The van der Waals surface area contributed by atoms with Gasteiger partial charge in [0.15, 0.2) is 11.5 Å². The zero-order valence-electron chi connectivity index (χ0n) is 18.9. The second-order valence-corrected chi connectivity index (χ2v) is 7.39. The van der Waals surface area contributed by atoms with Gasteiger partial charge in [-0.05, 0) is 74.0 Å². The van der Waals surface area contributed by atoms with E-state index >= 15 is 0 Å². The zero-order chi connectivity index (χ0) is 24.1. The number of ether oxygens (including phenoxy) is 2. The van der Waals surface area contributed by atoms with E-state index in [1.54, 1.807) is 79.7 Å². The van der Waals surface area contributed by atoms with Crippen molar-refractivity contribution in [3.63, 3.8) is 0 Å². The molecule has 0 bridgehead atoms. The number of hydrogen-bond donors (Lipinski definition) is 1. The number of rotatable bonds is 7. The van der Waals surface area contributed by atoms with E-state index in [1.807, 2.05) is 13.0 Å². The van der Waals surface area contributed by atoms with Gasteiger partial charge >= 0.3 is 5.97 Å². The largest absolute Gasteiger partial charge is 0.504 e. The number of nitrogens with zero attached hydrogens (tertiary/aromatic N) is 2. The lowest BCUT2D eigenvalue weighted by Crippen LogP contribution is -2.22. The Morgan fingerprint density at radius 3 is 2.50 bits per heavy atom. The van der Waals surface area contributed by atoms with Crippen molar-refractivity contribution >= 4 is 29.0 Å². The highest BCUT2D eigenvalue weighted by Crippen LogP contribution is 2.27. The second kappa shape index (κ2) is 10.0. The first-order valence-corrected chi connectivity index (χ1v) is 10.9. The number of benzene rings is 3. The van der Waals surface area contributed by atoms with Crippen molar-refractivity contribution in [2.75, 3.05) is 13.2 Å². The van der Waals surface area contributed by atoms with Gasteiger partial charge in [-0.25, -0.2) is 9.78 Å². The summed E-state index contributed by atoms with van der Waals surface area (Å²) in [5.74, 6) is 0.429. The van der Waals surface area contributed by atoms with E-state index in [0.29, 0.717) is 40.3 Å². The smallest absolute Gasteiger partial charge is 0.338 e. The molecular weight excluding hydrogens is 432 g/mol. The fourth-order valence-corrected chi connectivity index (χ4v) is 3.55. The van der Waals surface area contributed by atoms with Gasteiger partial charge in [0, 0.05) is 0 Å². The first kappa shape index (κ1) is 22.8. The Morgan fingerprint density at radius 2 is 1.76 bits per heavy atom. The second-order valence-electron chi connectivity index (χ2n) is 7.39. The van der Waals surface area contributed by atoms with Crippen LogP contribution in [-0.4, -0.2) is 33.8 Å². The lowest BCUT2D eigenvalue weighted by Gasteiger charge is -2.12. The highest BCUT2D eigenvalue weighted by Gasteiger charge is 2.13. The molecule has 0 atom stereocenters. The van der Waals surface area contributed by atoms with Crippen molar-refractivity contribution in [3.05, 3.63) is 94.0 Å². The third-order valence-corrected chi connectivity index (χ3v) is 5.15. The topological polar surface area (TPSA) is 90.7 Å². The number of para-hydroxylation sites is 1. The Kier molecular flexibility index (Phi) is 6.73. The average molecular weight is 456 g/mol. The fourth-order valence-electron chi connectivity index (χ4n) is 3.55. The quantitative estimate of drug-likeness (QED) is 0.400. The zero-order valence-corrected chi connectivity index (χ0v) is 18.9. The van der Waals surface area contributed by atoms with Crippen LogP contribution in [-0.2, 0) is 4.74 Å². The van der Waals surface area contributed by atoms with Gasteiger partial charge in [-0.3, -0.25) is 9.36 Å². The highest BCUT2D eigenvalue weighted by atomic mass is 16.5. The molecule has 0 saturated carbocycles. The van der Waals surface area contributed by atoms with Crippen LogP contribution in [0.4, 0.5) is 0 Å². The average Bonchev–Trinajstić information content (AvgIpc) is 2.85. The van der Waals surface area contributed by atoms with Gasteiger partial charge in [0.2, 0.25) is 0 Å². The molecule has 0 spiro atoms. The molecule has 4 rings (SSSR count). The predicted molar refractivity (Wildman–Crippen MR) is 132 cm³/mol. The number of esters is 1. The van der Waals surface area contributed by atoms with Crippen LogP contribution in [0.5, 0.6) is 11.5 Å². The summed E-state index contributed by atoms with van der Waals surface area (Å²) in [4.78, 5) is 30.1. The van der Waals surface area contributed by atoms with Crippen LogP contribution < -0.4 is 10.3 Å². The standard InChI is InChI=1S/C27H24N2O5/c1-3-33-24-17-18(9-15-23(24)30)10-16-25-28-22-8-6-5-7-21(22)26(31)29(25)20-13-11-19(12-14-20)27(32)34-4-2/h5-17,30H,3-4H2,1-2H3. The van der Waals surface area contributed by atoms with Crippen molar-refractivity contribution < 1.29 is 19.4 Å². The van der Waals surface area contributed by atoms with Crippen LogP contribution in [0.15, 0.2) is 71.5 Å². The molecule has 1 aromatic heterocycles. The number of aromatic hydroxyl groups is 1. The molecule has 7 nitrogen and oxygen atoms in total. The highest BCUT2D eigenvalue weighted by molar-refractivity contribution is 5.89. The Hall–Kier alpha value is -4.39. The van der Waals surface area contributed by atoms with Gasteiger partial charge < -0.3 is 14.6 Å². The summed E-state index contributed by atoms with van der Waals surface area (Å²) in [6.45, 7) is 4.30. The molecule has 172 valence electrons. The van der Waals surface area contributed by atoms with Crippen LogP contribution in [0.25, 0.3) is 28.7 Å². The van der Waals surface area contributed by atoms with E-state index in [1.165, 1.54) is 4.57 Å². The lowest BCUT2D eigenvalue weighted by molar-refractivity contribution is 0.0526. The first-order valence-electron chi connectivity index (χ1n) is 10.9. The van der Waals surface area contributed by atoms with E-state index in [2.05, 4.69) is 0 Å². The monoisotopic (exact) mass is 456 g/mol. The number of carbonyl (C=O) groups is 1. The van der Waals surface area contributed by atoms with Gasteiger partial charge in [0.1, 0.15) is 5.82 Å². The minimum atomic E-state index is -0.421. The number of carbonyl (C=O) groups excluding carboxylic acids is 1. The SMILES string of the molecule is CCOC(=O)c1ccc(-n2c(C=Cc3ccc(O)c(OCC)c3)nc3ccccc3c2=O)cc1. The molecular formula is C27H24N2O5. The molecule has 34 heavy (non-hydrogen) atoms. The Morgan fingerprint density at radius 1 is 1.00 bits per heavy atom. The molecule has 3 aromatic carbocycles. The summed E-state index contributed by atoms with van der Waals surface area (Å²) < 4.78 is 12.0. The summed E-state index contributed by atoms with van der Waals surface area (Å²) in [6.07, 6.45) is 3.52. The Labute approximate surface area is 196 Å². The summed E-state index contributed by atoms with van der Waals surface area (Å²) >= 11 is 0. The van der Waals surface area contributed by atoms with Gasteiger partial charge in [-0.2, -0.15) is 0 Å². The molecule has 0 aliphatic heterocycles. The van der Waals surface area contributed by atoms with Crippen molar-refractivity contribution in [1.82, 2.24) is 9.55 Å². The molecule has 0 aliphatic rings. The van der Waals surface area contributed by atoms with Gasteiger partial charge in [0.25, 0.3) is 5.56 Å². The summed E-state index contributed by atoms with van der Waals surface area (Å²) in [5.41, 5.74) is 2.09. The number of fused-ring (bicyclic) bond motifs is 1. The molecule has 1 heterocycles. The number of aromatic nitrogens is 2. The Balaban J connectivity index is 1.81. The molecule has 0 aliphatic carbocycles. The third-order valence-electron chi connectivity index (χ3n) is 5.15. The molecule has 0 radical (unpaired) electrons. The van der Waals surface area contributed by atoms with Crippen LogP contribution in [0, 0.1) is 0 Å². The van der Waals surface area contributed by atoms with Crippen molar-refractivity contribution in [1.29, 1.82) is 0 Å². The van der Waals surface area contributed by atoms with Gasteiger partial charge in [0.05, 0.1) is 35.4 Å². The fraction of sp³-hybridized carbons (Fsp3) is 0.148. The lowest BCUT2D eigenvalue weighted by atomic mass is 10.1. The van der Waals surface area contributed by atoms with Crippen LogP contribution in [0.3, 0.4) is 0 Å². The van der Waals surface area contributed by atoms with Crippen LogP contribution in [0.2, 0.25) is 0 Å². The Bertz CT molecular complexity index is 1420. The molecule has 0 unspecified atom stereocenters. The van der Waals surface area contributed by atoms with E-state index in [9.17, 15) is 14.7 Å². The van der Waals surface area contributed by atoms with Crippen molar-refractivity contribution in [2.24, 2.45) is 0 Å². The summed E-state index contributed by atoms with van der Waals surface area (Å²) in [6, 6.07) is 18.8. The van der Waals surface area contributed by atoms with Crippen LogP contribution in [0.1, 0.15) is 35.6 Å². The molecule has 1 N–H and O–H groups in total. The van der Waals surface area contributed by atoms with Crippen molar-refractivity contribution in [2.45, 2.75) is 13.8 Å². The first-order chi connectivity index (χ1) is 16.5. The number of hydrogen-bond acceptors (Lipinski definition) is 6. The molecule has 0 saturated heterocycles. The number of phenols is 1. The molecule has 0 amide bonds. The maximum atomic E-state index is 13.4. The van der Waals surface area contributed by atoms with E-state index in [0.717, 1.165) is 5.56 Å². The minimum Gasteiger partial charge on any atom is -0.504 e. The van der Waals surface area contributed by atoms with Crippen molar-refractivity contribution in [3.8, 4) is 17.2 Å². The molecule has 0 fully saturated rings. The van der Waals surface area contributed by atoms with E-state index < -0.39 is 5.97 Å². The van der Waals surface area contributed by atoms with Crippen LogP contribution >= 0.6 is 0 Å². The minimum absolute atomic E-state index is 0.0569. The molecule has 4 aromatic rings.